The van der Waals surface area contributed by atoms with Crippen LogP contribution in [0.25, 0.3) is 5.76 Å². The second-order valence-corrected chi connectivity index (χ2v) is 5.73. The molecule has 1 aliphatic carbocycles. The number of methoxy groups -OCH3 is 3. The Hall–Kier alpha value is -2.70. The molecule has 1 aromatic rings. The van der Waals surface area contributed by atoms with Crippen LogP contribution in [0, 0.1) is 0 Å². The number of carbonyl (C=O) groups is 2. The molecule has 1 aliphatic heterocycles. The van der Waals surface area contributed by atoms with Gasteiger partial charge in [0.1, 0.15) is 11.3 Å². The molecule has 7 heteroatoms. The van der Waals surface area contributed by atoms with Crippen molar-refractivity contribution in [1.82, 2.24) is 4.90 Å². The fourth-order valence-corrected chi connectivity index (χ4v) is 2.85. The molecule has 0 radical (unpaired) electrons. The number of hydrogen-bond acceptors (Lipinski definition) is 6. The van der Waals surface area contributed by atoms with Gasteiger partial charge in [0.25, 0.3) is 5.91 Å². The minimum Gasteiger partial charge on any atom is -0.506 e. The molecule has 1 saturated heterocycles. The number of benzene rings is 1. The standard InChI is InChI=1S/C17H19NO6/c1-22-12-6-9(7-13(23-2)16(12)24-3)15(20)14-11(19)8-18(17(14)21)10-4-5-10/h6-7,10,20H,4-5,8H2,1-3H3/b15-14+. The molecule has 2 fully saturated rings. The number of carbonyl (C=O) groups excluding carboxylic acids is 2. The first-order valence-electron chi connectivity index (χ1n) is 7.59. The molecule has 2 aliphatic rings. The molecule has 0 aromatic heterocycles. The van der Waals surface area contributed by atoms with Crippen molar-refractivity contribution in [2.45, 2.75) is 18.9 Å². The molecule has 1 saturated carbocycles. The molecule has 24 heavy (non-hydrogen) atoms. The lowest BCUT2D eigenvalue weighted by molar-refractivity contribution is -0.125. The van der Waals surface area contributed by atoms with Crippen molar-refractivity contribution in [3.63, 3.8) is 0 Å². The van der Waals surface area contributed by atoms with E-state index in [1.807, 2.05) is 0 Å². The van der Waals surface area contributed by atoms with Crippen LogP contribution in [0.15, 0.2) is 17.7 Å². The van der Waals surface area contributed by atoms with Crippen LogP contribution >= 0.6 is 0 Å². The van der Waals surface area contributed by atoms with Gasteiger partial charge in [0.15, 0.2) is 17.3 Å². The Kier molecular flexibility index (Phi) is 4.09. The first-order valence-corrected chi connectivity index (χ1v) is 7.59. The van der Waals surface area contributed by atoms with Gasteiger partial charge in [0.2, 0.25) is 5.75 Å². The van der Waals surface area contributed by atoms with Crippen LogP contribution < -0.4 is 14.2 Å². The Morgan fingerprint density at radius 1 is 1.08 bits per heavy atom. The molecule has 1 amide bonds. The summed E-state index contributed by atoms with van der Waals surface area (Å²) in [5, 5.41) is 10.5. The molecule has 3 rings (SSSR count). The number of ether oxygens (including phenoxy) is 3. The summed E-state index contributed by atoms with van der Waals surface area (Å²) >= 11 is 0. The number of Topliss-reactive ketones (excluding diaryl/α,β-unsaturated/α-hetero) is 1. The van der Waals surface area contributed by atoms with E-state index in [0.717, 1.165) is 12.8 Å². The van der Waals surface area contributed by atoms with E-state index in [1.54, 1.807) is 0 Å². The van der Waals surface area contributed by atoms with Gasteiger partial charge in [-0.3, -0.25) is 9.59 Å². The van der Waals surface area contributed by atoms with E-state index in [1.165, 1.54) is 38.4 Å². The van der Waals surface area contributed by atoms with Crippen molar-refractivity contribution in [3.05, 3.63) is 23.3 Å². The van der Waals surface area contributed by atoms with E-state index in [9.17, 15) is 14.7 Å². The van der Waals surface area contributed by atoms with Crippen molar-refractivity contribution >= 4 is 17.4 Å². The van der Waals surface area contributed by atoms with Crippen LogP contribution in [0.2, 0.25) is 0 Å². The molecule has 0 spiro atoms. The van der Waals surface area contributed by atoms with E-state index in [-0.39, 0.29) is 35.3 Å². The van der Waals surface area contributed by atoms with Gasteiger partial charge in [-0.1, -0.05) is 0 Å². The van der Waals surface area contributed by atoms with Gasteiger partial charge < -0.3 is 24.2 Å². The maximum atomic E-state index is 12.4. The second-order valence-electron chi connectivity index (χ2n) is 5.73. The molecular formula is C17H19NO6. The average molecular weight is 333 g/mol. The monoisotopic (exact) mass is 333 g/mol. The van der Waals surface area contributed by atoms with Crippen LogP contribution in [-0.4, -0.2) is 55.6 Å². The molecule has 0 atom stereocenters. The number of amides is 1. The number of rotatable bonds is 5. The van der Waals surface area contributed by atoms with E-state index in [2.05, 4.69) is 0 Å². The predicted molar refractivity (Wildman–Crippen MR) is 85.4 cm³/mol. The minimum atomic E-state index is -0.422. The maximum absolute atomic E-state index is 12.4. The zero-order valence-corrected chi connectivity index (χ0v) is 13.8. The molecule has 128 valence electrons. The van der Waals surface area contributed by atoms with Crippen LogP contribution in [0.3, 0.4) is 0 Å². The van der Waals surface area contributed by atoms with Crippen molar-refractivity contribution in [1.29, 1.82) is 0 Å². The average Bonchev–Trinajstić information content (AvgIpc) is 3.38. The fraction of sp³-hybridized carbons (Fsp3) is 0.412. The minimum absolute atomic E-state index is 0.0211. The number of nitrogens with zero attached hydrogens (tertiary/aromatic N) is 1. The number of ketones is 1. The van der Waals surface area contributed by atoms with E-state index >= 15 is 0 Å². The smallest absolute Gasteiger partial charge is 0.262 e. The van der Waals surface area contributed by atoms with Gasteiger partial charge in [-0.15, -0.1) is 0 Å². The largest absolute Gasteiger partial charge is 0.506 e. The van der Waals surface area contributed by atoms with Crippen molar-refractivity contribution in [3.8, 4) is 17.2 Å². The number of aliphatic hydroxyl groups is 1. The van der Waals surface area contributed by atoms with E-state index < -0.39 is 5.91 Å². The number of likely N-dealkylation sites (tertiary alicyclic amines) is 1. The molecule has 1 heterocycles. The van der Waals surface area contributed by atoms with Gasteiger partial charge in [-0.05, 0) is 25.0 Å². The summed E-state index contributed by atoms with van der Waals surface area (Å²) < 4.78 is 15.7. The maximum Gasteiger partial charge on any atom is 0.262 e. The van der Waals surface area contributed by atoms with Gasteiger partial charge in [-0.2, -0.15) is 0 Å². The van der Waals surface area contributed by atoms with Gasteiger partial charge in [0.05, 0.1) is 27.9 Å². The molecular weight excluding hydrogens is 314 g/mol. The fourth-order valence-electron chi connectivity index (χ4n) is 2.85. The summed E-state index contributed by atoms with van der Waals surface area (Å²) in [7, 11) is 4.37. The summed E-state index contributed by atoms with van der Waals surface area (Å²) in [5.74, 6) is -0.142. The quantitative estimate of drug-likeness (QED) is 0.500. The Labute approximate surface area is 139 Å². The van der Waals surface area contributed by atoms with Crippen molar-refractivity contribution in [2.75, 3.05) is 27.9 Å². The zero-order chi connectivity index (χ0) is 17.4. The lowest BCUT2D eigenvalue weighted by atomic mass is 10.1. The summed E-state index contributed by atoms with van der Waals surface area (Å²) in [4.78, 5) is 26.2. The van der Waals surface area contributed by atoms with E-state index in [4.69, 9.17) is 14.2 Å². The summed E-state index contributed by atoms with van der Waals surface area (Å²) in [6.07, 6.45) is 1.80. The lowest BCUT2D eigenvalue weighted by Crippen LogP contribution is -2.27. The predicted octanol–water partition coefficient (Wildman–Crippen LogP) is 1.56. The van der Waals surface area contributed by atoms with Crippen LogP contribution in [0.1, 0.15) is 18.4 Å². The Bertz CT molecular complexity index is 710. The summed E-state index contributed by atoms with van der Waals surface area (Å²) in [5.41, 5.74) is 0.0787. The number of hydrogen-bond donors (Lipinski definition) is 1. The van der Waals surface area contributed by atoms with E-state index in [0.29, 0.717) is 17.2 Å². The highest BCUT2D eigenvalue weighted by molar-refractivity contribution is 6.28. The van der Waals surface area contributed by atoms with Crippen LogP contribution in [0.5, 0.6) is 17.2 Å². The Balaban J connectivity index is 2.07. The third-order valence-corrected chi connectivity index (χ3v) is 4.23. The first-order chi connectivity index (χ1) is 11.5. The third kappa shape index (κ3) is 2.55. The van der Waals surface area contributed by atoms with Crippen LogP contribution in [-0.2, 0) is 9.59 Å². The van der Waals surface area contributed by atoms with Crippen LogP contribution in [0.4, 0.5) is 0 Å². The first kappa shape index (κ1) is 16.2. The van der Waals surface area contributed by atoms with Crippen molar-refractivity contribution in [2.24, 2.45) is 0 Å². The SMILES string of the molecule is COc1cc(/C(O)=C2/C(=O)CN(C3CC3)C2=O)cc(OC)c1OC. The molecule has 0 bridgehead atoms. The lowest BCUT2D eigenvalue weighted by Gasteiger charge is -2.15. The van der Waals surface area contributed by atoms with Gasteiger partial charge >= 0.3 is 0 Å². The Morgan fingerprint density at radius 3 is 2.12 bits per heavy atom. The van der Waals surface area contributed by atoms with Gasteiger partial charge in [-0.25, -0.2) is 0 Å². The highest BCUT2D eigenvalue weighted by atomic mass is 16.5. The Morgan fingerprint density at radius 2 is 1.67 bits per heavy atom. The second kappa shape index (κ2) is 6.07. The highest BCUT2D eigenvalue weighted by Gasteiger charge is 2.44. The third-order valence-electron chi connectivity index (χ3n) is 4.23. The summed E-state index contributed by atoms with van der Waals surface area (Å²) in [6.45, 7) is 0.0211. The molecule has 7 nitrogen and oxygen atoms in total. The molecule has 1 aromatic carbocycles. The topological polar surface area (TPSA) is 85.3 Å². The molecule has 1 N–H and O–H groups in total. The highest BCUT2D eigenvalue weighted by Crippen LogP contribution is 2.41. The number of aliphatic hydroxyl groups excluding tert-OH is 1. The van der Waals surface area contributed by atoms with Gasteiger partial charge in [0, 0.05) is 11.6 Å². The zero-order valence-electron chi connectivity index (χ0n) is 13.8. The molecule has 0 unspecified atom stereocenters. The van der Waals surface area contributed by atoms with Crippen molar-refractivity contribution < 1.29 is 28.9 Å². The normalized spacial score (nSPS) is 19.5. The summed E-state index contributed by atoms with van der Waals surface area (Å²) in [6, 6.07) is 3.13.